The van der Waals surface area contributed by atoms with Crippen LogP contribution in [0.5, 0.6) is 0 Å². The topological polar surface area (TPSA) is 47.7 Å². The zero-order valence-electron chi connectivity index (χ0n) is 12.1. The molecule has 0 radical (unpaired) electrons. The minimum absolute atomic E-state index is 0.0262. The smallest absolute Gasteiger partial charge is 0.0593 e. The monoisotopic (exact) mass is 258 g/mol. The van der Waals surface area contributed by atoms with E-state index in [0.29, 0.717) is 0 Å². The fourth-order valence-corrected chi connectivity index (χ4v) is 2.63. The summed E-state index contributed by atoms with van der Waals surface area (Å²) in [6, 6.07) is 0. The third kappa shape index (κ3) is 6.14. The molecule has 2 N–H and O–H groups in total. The van der Waals surface area contributed by atoms with Crippen LogP contribution in [-0.2, 0) is 9.47 Å². The summed E-state index contributed by atoms with van der Waals surface area (Å²) in [5.74, 6) is 0. The average Bonchev–Trinajstić information content (AvgIpc) is 2.76. The van der Waals surface area contributed by atoms with Crippen molar-refractivity contribution in [2.75, 3.05) is 46.1 Å². The van der Waals surface area contributed by atoms with E-state index in [-0.39, 0.29) is 5.54 Å². The predicted molar refractivity (Wildman–Crippen MR) is 74.8 cm³/mol. The Morgan fingerprint density at radius 3 is 1.94 bits per heavy atom. The van der Waals surface area contributed by atoms with Crippen LogP contribution in [0.25, 0.3) is 0 Å². The molecule has 0 saturated heterocycles. The maximum absolute atomic E-state index is 6.45. The normalized spacial score (nSPS) is 18.7. The number of rotatable bonds is 10. The molecule has 1 aliphatic carbocycles. The lowest BCUT2D eigenvalue weighted by molar-refractivity contribution is 0.0725. The number of hydrogen-bond donors (Lipinski definition) is 1. The van der Waals surface area contributed by atoms with Crippen LogP contribution < -0.4 is 5.73 Å². The maximum Gasteiger partial charge on any atom is 0.0593 e. The van der Waals surface area contributed by atoms with Gasteiger partial charge in [0, 0.05) is 38.4 Å². The molecule has 0 aromatic carbocycles. The quantitative estimate of drug-likeness (QED) is 0.605. The molecule has 1 rings (SSSR count). The summed E-state index contributed by atoms with van der Waals surface area (Å²) in [5.41, 5.74) is 6.47. The fourth-order valence-electron chi connectivity index (χ4n) is 2.63. The van der Waals surface area contributed by atoms with Gasteiger partial charge < -0.3 is 15.2 Å². The fraction of sp³-hybridized carbons (Fsp3) is 1.00. The molecule has 1 aliphatic rings. The molecule has 0 amide bonds. The molecule has 0 spiro atoms. The van der Waals surface area contributed by atoms with Crippen LogP contribution in [0.15, 0.2) is 0 Å². The first-order valence-corrected chi connectivity index (χ1v) is 7.37. The Labute approximate surface area is 112 Å². The van der Waals surface area contributed by atoms with Gasteiger partial charge in [-0.2, -0.15) is 0 Å². The molecule has 0 aliphatic heterocycles. The highest BCUT2D eigenvalue weighted by Gasteiger charge is 2.31. The summed E-state index contributed by atoms with van der Waals surface area (Å²) < 4.78 is 10.9. The van der Waals surface area contributed by atoms with Crippen molar-refractivity contribution in [3.05, 3.63) is 0 Å². The van der Waals surface area contributed by atoms with Gasteiger partial charge in [-0.3, -0.25) is 4.90 Å². The molecule has 0 heterocycles. The number of nitrogens with two attached hydrogens (primary N) is 1. The van der Waals surface area contributed by atoms with Crippen molar-refractivity contribution < 1.29 is 9.47 Å². The van der Waals surface area contributed by atoms with Crippen LogP contribution in [0.1, 0.15) is 39.5 Å². The Balaban J connectivity index is 2.32. The lowest BCUT2D eigenvalue weighted by Gasteiger charge is -2.32. The molecule has 108 valence electrons. The van der Waals surface area contributed by atoms with Crippen molar-refractivity contribution in [2.45, 2.75) is 45.1 Å². The molecule has 0 bridgehead atoms. The number of nitrogens with zero attached hydrogens (tertiary/aromatic N) is 1. The number of ether oxygens (including phenoxy) is 2. The van der Waals surface area contributed by atoms with E-state index < -0.39 is 0 Å². The van der Waals surface area contributed by atoms with Gasteiger partial charge >= 0.3 is 0 Å². The summed E-state index contributed by atoms with van der Waals surface area (Å²) in [6.45, 7) is 10.1. The lowest BCUT2D eigenvalue weighted by atomic mass is 9.98. The van der Waals surface area contributed by atoms with E-state index in [1.807, 2.05) is 13.8 Å². The predicted octanol–water partition coefficient (Wildman–Crippen LogP) is 1.63. The van der Waals surface area contributed by atoms with E-state index in [9.17, 15) is 0 Å². The van der Waals surface area contributed by atoms with Crippen LogP contribution in [0.2, 0.25) is 0 Å². The summed E-state index contributed by atoms with van der Waals surface area (Å²) >= 11 is 0. The van der Waals surface area contributed by atoms with Crippen molar-refractivity contribution in [2.24, 2.45) is 5.73 Å². The van der Waals surface area contributed by atoms with E-state index in [1.165, 1.54) is 12.8 Å². The second kappa shape index (κ2) is 8.86. The van der Waals surface area contributed by atoms with Crippen LogP contribution in [0.3, 0.4) is 0 Å². The van der Waals surface area contributed by atoms with Gasteiger partial charge in [0.25, 0.3) is 0 Å². The van der Waals surface area contributed by atoms with Gasteiger partial charge in [-0.05, 0) is 26.7 Å². The van der Waals surface area contributed by atoms with Crippen molar-refractivity contribution in [3.63, 3.8) is 0 Å². The third-order valence-electron chi connectivity index (χ3n) is 3.65. The van der Waals surface area contributed by atoms with Crippen LogP contribution in [0.4, 0.5) is 0 Å². The second-order valence-electron chi connectivity index (χ2n) is 5.24. The molecular weight excluding hydrogens is 228 g/mol. The zero-order chi connectivity index (χ0) is 13.3. The minimum Gasteiger partial charge on any atom is -0.380 e. The number of hydrogen-bond acceptors (Lipinski definition) is 4. The van der Waals surface area contributed by atoms with Gasteiger partial charge in [0.2, 0.25) is 0 Å². The molecule has 1 saturated carbocycles. The highest BCUT2D eigenvalue weighted by molar-refractivity contribution is 4.92. The van der Waals surface area contributed by atoms with Gasteiger partial charge in [-0.1, -0.05) is 12.8 Å². The minimum atomic E-state index is 0.0262. The molecule has 0 aromatic heterocycles. The molecule has 4 heteroatoms. The van der Waals surface area contributed by atoms with E-state index >= 15 is 0 Å². The standard InChI is InChI=1S/C14H30N2O2/c1-3-17-11-9-16(10-12-18-4-2)13-14(15)7-5-6-8-14/h3-13,15H2,1-2H3. The summed E-state index contributed by atoms with van der Waals surface area (Å²) in [4.78, 5) is 2.40. The van der Waals surface area contributed by atoms with Gasteiger partial charge in [-0.15, -0.1) is 0 Å². The van der Waals surface area contributed by atoms with Gasteiger partial charge in [-0.25, -0.2) is 0 Å². The van der Waals surface area contributed by atoms with Crippen molar-refractivity contribution >= 4 is 0 Å². The van der Waals surface area contributed by atoms with Crippen molar-refractivity contribution in [1.29, 1.82) is 0 Å². The zero-order valence-corrected chi connectivity index (χ0v) is 12.1. The first-order valence-electron chi connectivity index (χ1n) is 7.37. The Hall–Kier alpha value is -0.160. The molecule has 0 aromatic rings. The third-order valence-corrected chi connectivity index (χ3v) is 3.65. The molecule has 4 nitrogen and oxygen atoms in total. The highest BCUT2D eigenvalue weighted by Crippen LogP contribution is 2.27. The molecule has 1 fully saturated rings. The summed E-state index contributed by atoms with van der Waals surface area (Å²) in [7, 11) is 0. The Bertz CT molecular complexity index is 196. The van der Waals surface area contributed by atoms with Gasteiger partial charge in [0.05, 0.1) is 13.2 Å². The summed E-state index contributed by atoms with van der Waals surface area (Å²) in [5, 5.41) is 0. The maximum atomic E-state index is 6.45. The Kier molecular flexibility index (Phi) is 7.82. The average molecular weight is 258 g/mol. The SMILES string of the molecule is CCOCCN(CCOCC)CC1(N)CCCC1. The largest absolute Gasteiger partial charge is 0.380 e. The summed E-state index contributed by atoms with van der Waals surface area (Å²) in [6.07, 6.45) is 4.88. The molecule has 18 heavy (non-hydrogen) atoms. The van der Waals surface area contributed by atoms with E-state index in [4.69, 9.17) is 15.2 Å². The Morgan fingerprint density at radius 1 is 1.00 bits per heavy atom. The lowest BCUT2D eigenvalue weighted by Crippen LogP contribution is -2.49. The van der Waals surface area contributed by atoms with E-state index in [1.54, 1.807) is 0 Å². The van der Waals surface area contributed by atoms with Crippen molar-refractivity contribution in [3.8, 4) is 0 Å². The van der Waals surface area contributed by atoms with E-state index in [2.05, 4.69) is 4.90 Å². The van der Waals surface area contributed by atoms with E-state index in [0.717, 1.165) is 58.9 Å². The highest BCUT2D eigenvalue weighted by atomic mass is 16.5. The molecule has 0 atom stereocenters. The van der Waals surface area contributed by atoms with Crippen LogP contribution in [0, 0.1) is 0 Å². The van der Waals surface area contributed by atoms with Crippen LogP contribution >= 0.6 is 0 Å². The van der Waals surface area contributed by atoms with Gasteiger partial charge in [0.1, 0.15) is 0 Å². The van der Waals surface area contributed by atoms with Gasteiger partial charge in [0.15, 0.2) is 0 Å². The first-order chi connectivity index (χ1) is 8.70. The molecular formula is C14H30N2O2. The second-order valence-corrected chi connectivity index (χ2v) is 5.24. The molecule has 0 unspecified atom stereocenters. The van der Waals surface area contributed by atoms with Crippen LogP contribution in [-0.4, -0.2) is 56.5 Å². The Morgan fingerprint density at radius 2 is 1.50 bits per heavy atom. The van der Waals surface area contributed by atoms with Crippen molar-refractivity contribution in [1.82, 2.24) is 4.90 Å². The first kappa shape index (κ1) is 15.9.